The van der Waals surface area contributed by atoms with Crippen LogP contribution in [0.15, 0.2) is 36.5 Å². The average Bonchev–Trinajstić information content (AvgIpc) is 2.98. The Kier molecular flexibility index (Phi) is 1.88. The van der Waals surface area contributed by atoms with E-state index in [1.165, 1.54) is 29.7 Å². The lowest BCUT2D eigenvalue weighted by atomic mass is 10.1. The van der Waals surface area contributed by atoms with Crippen LogP contribution in [0.25, 0.3) is 11.3 Å². The van der Waals surface area contributed by atoms with Gasteiger partial charge in [-0.15, -0.1) is 0 Å². The minimum atomic E-state index is 0.649. The lowest BCUT2D eigenvalue weighted by Crippen LogP contribution is -1.98. The molecule has 76 valence electrons. The van der Waals surface area contributed by atoms with Gasteiger partial charge in [-0.2, -0.15) is 5.10 Å². The number of aromatic nitrogens is 2. The molecule has 1 aliphatic carbocycles. The molecule has 0 spiro atoms. The molecule has 2 heteroatoms. The van der Waals surface area contributed by atoms with Gasteiger partial charge in [-0.25, -0.2) is 0 Å². The van der Waals surface area contributed by atoms with E-state index in [-0.39, 0.29) is 0 Å². The molecule has 2 aromatic rings. The molecule has 1 aromatic heterocycles. The minimum Gasteiger partial charge on any atom is -0.262 e. The van der Waals surface area contributed by atoms with Crippen LogP contribution in [0.1, 0.15) is 24.4 Å². The topological polar surface area (TPSA) is 17.8 Å². The molecule has 1 fully saturated rings. The summed E-state index contributed by atoms with van der Waals surface area (Å²) in [7, 11) is 0. The Hall–Kier alpha value is -1.57. The lowest BCUT2D eigenvalue weighted by molar-refractivity contribution is 0.649. The summed E-state index contributed by atoms with van der Waals surface area (Å²) >= 11 is 0. The molecule has 0 N–H and O–H groups in total. The maximum Gasteiger partial charge on any atom is 0.0685 e. The Bertz CT molecular complexity index is 464. The predicted molar refractivity (Wildman–Crippen MR) is 60.7 cm³/mol. The minimum absolute atomic E-state index is 0.649. The Morgan fingerprint density at radius 3 is 2.53 bits per heavy atom. The Morgan fingerprint density at radius 1 is 1.13 bits per heavy atom. The second-order valence-corrected chi connectivity index (χ2v) is 4.26. The van der Waals surface area contributed by atoms with Gasteiger partial charge in [0.05, 0.1) is 11.7 Å². The van der Waals surface area contributed by atoms with E-state index in [1.807, 2.05) is 6.20 Å². The van der Waals surface area contributed by atoms with E-state index < -0.39 is 0 Å². The Morgan fingerprint density at radius 2 is 1.87 bits per heavy atom. The van der Waals surface area contributed by atoms with Gasteiger partial charge in [-0.3, -0.25) is 4.68 Å². The SMILES string of the molecule is Cc1ccc(-c2ccnn2C2CC2)cc1. The van der Waals surface area contributed by atoms with Gasteiger partial charge in [0.15, 0.2) is 0 Å². The summed E-state index contributed by atoms with van der Waals surface area (Å²) in [5.74, 6) is 0. The average molecular weight is 198 g/mol. The molecule has 0 unspecified atom stereocenters. The first-order valence-electron chi connectivity index (χ1n) is 5.45. The fraction of sp³-hybridized carbons (Fsp3) is 0.308. The molecule has 0 aliphatic heterocycles. The zero-order valence-corrected chi connectivity index (χ0v) is 8.85. The van der Waals surface area contributed by atoms with Crippen molar-refractivity contribution >= 4 is 0 Å². The Labute approximate surface area is 89.5 Å². The normalized spacial score (nSPS) is 15.5. The summed E-state index contributed by atoms with van der Waals surface area (Å²) in [6.45, 7) is 2.11. The highest BCUT2D eigenvalue weighted by Crippen LogP contribution is 2.37. The van der Waals surface area contributed by atoms with Crippen LogP contribution in [0.4, 0.5) is 0 Å². The molecule has 1 heterocycles. The molecule has 15 heavy (non-hydrogen) atoms. The highest BCUT2D eigenvalue weighted by molar-refractivity contribution is 5.59. The van der Waals surface area contributed by atoms with Gasteiger partial charge in [-0.1, -0.05) is 29.8 Å². The third-order valence-electron chi connectivity index (χ3n) is 2.91. The van der Waals surface area contributed by atoms with E-state index >= 15 is 0 Å². The fourth-order valence-corrected chi connectivity index (χ4v) is 1.88. The third kappa shape index (κ3) is 1.56. The molecular formula is C13H14N2. The first-order valence-corrected chi connectivity index (χ1v) is 5.45. The number of aryl methyl sites for hydroxylation is 1. The van der Waals surface area contributed by atoms with Crippen molar-refractivity contribution in [2.24, 2.45) is 0 Å². The lowest BCUT2D eigenvalue weighted by Gasteiger charge is -2.05. The zero-order chi connectivity index (χ0) is 10.3. The van der Waals surface area contributed by atoms with Gasteiger partial charge in [0, 0.05) is 6.20 Å². The maximum absolute atomic E-state index is 4.39. The van der Waals surface area contributed by atoms with Crippen LogP contribution in [-0.2, 0) is 0 Å². The second kappa shape index (κ2) is 3.23. The summed E-state index contributed by atoms with van der Waals surface area (Å²) in [5, 5.41) is 4.39. The number of nitrogens with zero attached hydrogens (tertiary/aromatic N) is 2. The highest BCUT2D eigenvalue weighted by Gasteiger charge is 2.26. The smallest absolute Gasteiger partial charge is 0.0685 e. The van der Waals surface area contributed by atoms with Crippen molar-refractivity contribution in [1.29, 1.82) is 0 Å². The van der Waals surface area contributed by atoms with Crippen LogP contribution in [0.3, 0.4) is 0 Å². The van der Waals surface area contributed by atoms with Crippen molar-refractivity contribution in [2.45, 2.75) is 25.8 Å². The predicted octanol–water partition coefficient (Wildman–Crippen LogP) is 3.19. The van der Waals surface area contributed by atoms with Crippen molar-refractivity contribution < 1.29 is 0 Å². The van der Waals surface area contributed by atoms with Crippen molar-refractivity contribution in [3.8, 4) is 11.3 Å². The van der Waals surface area contributed by atoms with Gasteiger partial charge >= 0.3 is 0 Å². The second-order valence-electron chi connectivity index (χ2n) is 4.26. The molecule has 3 rings (SSSR count). The van der Waals surface area contributed by atoms with Gasteiger partial charge in [-0.05, 0) is 31.4 Å². The molecular weight excluding hydrogens is 184 g/mol. The van der Waals surface area contributed by atoms with E-state index in [0.717, 1.165) is 0 Å². The summed E-state index contributed by atoms with van der Waals surface area (Å²) in [4.78, 5) is 0. The Balaban J connectivity index is 2.04. The maximum atomic E-state index is 4.39. The van der Waals surface area contributed by atoms with Crippen LogP contribution in [0.5, 0.6) is 0 Å². The third-order valence-corrected chi connectivity index (χ3v) is 2.91. The van der Waals surface area contributed by atoms with Crippen LogP contribution < -0.4 is 0 Å². The van der Waals surface area contributed by atoms with Crippen LogP contribution in [0.2, 0.25) is 0 Å². The number of hydrogen-bond donors (Lipinski definition) is 0. The molecule has 0 saturated heterocycles. The molecule has 0 amide bonds. The molecule has 1 aromatic carbocycles. The largest absolute Gasteiger partial charge is 0.262 e. The van der Waals surface area contributed by atoms with Gasteiger partial charge in [0.25, 0.3) is 0 Å². The van der Waals surface area contributed by atoms with E-state index in [4.69, 9.17) is 0 Å². The quantitative estimate of drug-likeness (QED) is 0.724. The van der Waals surface area contributed by atoms with E-state index in [1.54, 1.807) is 0 Å². The van der Waals surface area contributed by atoms with Gasteiger partial charge in [0.1, 0.15) is 0 Å². The molecule has 0 radical (unpaired) electrons. The number of benzene rings is 1. The summed E-state index contributed by atoms with van der Waals surface area (Å²) in [6, 6.07) is 11.4. The van der Waals surface area contributed by atoms with E-state index in [9.17, 15) is 0 Å². The molecule has 0 bridgehead atoms. The summed E-state index contributed by atoms with van der Waals surface area (Å²) < 4.78 is 2.16. The fourth-order valence-electron chi connectivity index (χ4n) is 1.88. The zero-order valence-electron chi connectivity index (χ0n) is 8.85. The molecule has 0 atom stereocenters. The van der Waals surface area contributed by atoms with Crippen molar-refractivity contribution in [3.05, 3.63) is 42.1 Å². The standard InChI is InChI=1S/C13H14N2/c1-10-2-4-11(5-3-10)13-8-9-14-15(13)12-6-7-12/h2-5,8-9,12H,6-7H2,1H3. The molecule has 1 aliphatic rings. The summed E-state index contributed by atoms with van der Waals surface area (Å²) in [6.07, 6.45) is 4.45. The number of hydrogen-bond acceptors (Lipinski definition) is 1. The van der Waals surface area contributed by atoms with Crippen molar-refractivity contribution in [1.82, 2.24) is 9.78 Å². The van der Waals surface area contributed by atoms with Crippen LogP contribution in [0, 0.1) is 6.92 Å². The van der Waals surface area contributed by atoms with E-state index in [2.05, 4.69) is 47.0 Å². The summed E-state index contributed by atoms with van der Waals surface area (Å²) in [5.41, 5.74) is 3.82. The van der Waals surface area contributed by atoms with Crippen LogP contribution >= 0.6 is 0 Å². The van der Waals surface area contributed by atoms with E-state index in [0.29, 0.717) is 6.04 Å². The monoisotopic (exact) mass is 198 g/mol. The first-order chi connectivity index (χ1) is 7.34. The van der Waals surface area contributed by atoms with Crippen molar-refractivity contribution in [2.75, 3.05) is 0 Å². The molecule has 1 saturated carbocycles. The highest BCUT2D eigenvalue weighted by atomic mass is 15.3. The molecule has 2 nitrogen and oxygen atoms in total. The van der Waals surface area contributed by atoms with Crippen LogP contribution in [-0.4, -0.2) is 9.78 Å². The van der Waals surface area contributed by atoms with Gasteiger partial charge < -0.3 is 0 Å². The van der Waals surface area contributed by atoms with Crippen molar-refractivity contribution in [3.63, 3.8) is 0 Å². The number of rotatable bonds is 2. The van der Waals surface area contributed by atoms with Gasteiger partial charge in [0.2, 0.25) is 0 Å². The first kappa shape index (κ1) is 8.72.